The van der Waals surface area contributed by atoms with E-state index in [-0.39, 0.29) is 0 Å². The van der Waals surface area contributed by atoms with Crippen molar-refractivity contribution >= 4 is 23.3 Å². The lowest BCUT2D eigenvalue weighted by Crippen LogP contribution is -1.89. The minimum absolute atomic E-state index is 0.436. The van der Waals surface area contributed by atoms with Gasteiger partial charge in [0.15, 0.2) is 6.34 Å². The Bertz CT molecular complexity index is 788. The van der Waals surface area contributed by atoms with Gasteiger partial charge in [-0.15, -0.1) is 10.2 Å². The normalized spacial score (nSPS) is 11.8. The number of hydrazone groups is 1. The van der Waals surface area contributed by atoms with Gasteiger partial charge in [0, 0.05) is 0 Å². The summed E-state index contributed by atoms with van der Waals surface area (Å²) < 4.78 is 0. The van der Waals surface area contributed by atoms with Crippen molar-refractivity contribution in [2.24, 2.45) is 21.2 Å². The summed E-state index contributed by atoms with van der Waals surface area (Å²) in [5, 5.41) is 10.8. The Kier molecular flexibility index (Phi) is 3.68. The molecule has 3 N–H and O–H groups in total. The van der Waals surface area contributed by atoms with E-state index in [4.69, 9.17) is 5.84 Å². The summed E-state index contributed by atoms with van der Waals surface area (Å²) >= 11 is 0. The molecule has 0 bridgehead atoms. The summed E-state index contributed by atoms with van der Waals surface area (Å²) in [6, 6.07) is 16.3. The third kappa shape index (κ3) is 2.94. The van der Waals surface area contributed by atoms with Gasteiger partial charge in [-0.2, -0.15) is 5.10 Å². The summed E-state index contributed by atoms with van der Waals surface area (Å²) in [6.45, 7) is 0. The predicted octanol–water partition coefficient (Wildman–Crippen LogP) is 3.14. The zero-order valence-corrected chi connectivity index (χ0v) is 11.3. The molecule has 3 aromatic rings. The van der Waals surface area contributed by atoms with Gasteiger partial charge in [0.05, 0.1) is 11.0 Å². The number of hydrogen-bond acceptors (Lipinski definition) is 4. The highest BCUT2D eigenvalue weighted by atomic mass is 15.2. The molecule has 6 nitrogen and oxygen atoms in total. The average Bonchev–Trinajstić information content (AvgIpc) is 2.93. The Balaban J connectivity index is 1.96. The highest BCUT2D eigenvalue weighted by Crippen LogP contribution is 2.22. The fourth-order valence-corrected chi connectivity index (χ4v) is 2.19. The molecule has 0 aliphatic heterocycles. The summed E-state index contributed by atoms with van der Waals surface area (Å²) in [6.07, 6.45) is 1.99. The van der Waals surface area contributed by atoms with Crippen LogP contribution in [0.25, 0.3) is 11.0 Å². The van der Waals surface area contributed by atoms with Crippen molar-refractivity contribution in [1.29, 1.82) is 0 Å². The number of aromatic nitrogens is 2. The lowest BCUT2D eigenvalue weighted by molar-refractivity contribution is 1.14. The largest absolute Gasteiger partial charge is 0.322 e. The first-order chi connectivity index (χ1) is 10.4. The number of azo groups is 1. The van der Waals surface area contributed by atoms with Crippen molar-refractivity contribution in [1.82, 2.24) is 9.97 Å². The van der Waals surface area contributed by atoms with Crippen molar-refractivity contribution in [2.45, 2.75) is 6.42 Å². The van der Waals surface area contributed by atoms with Crippen LogP contribution < -0.4 is 5.84 Å². The second kappa shape index (κ2) is 5.96. The van der Waals surface area contributed by atoms with Gasteiger partial charge in [0.2, 0.25) is 5.95 Å². The van der Waals surface area contributed by atoms with E-state index in [1.807, 2.05) is 30.3 Å². The molecule has 0 radical (unpaired) electrons. The third-order valence-corrected chi connectivity index (χ3v) is 3.09. The second-order valence-electron chi connectivity index (χ2n) is 4.52. The maximum absolute atomic E-state index is 4.96. The summed E-state index contributed by atoms with van der Waals surface area (Å²) in [5.74, 6) is 5.40. The molecule has 0 amide bonds. The molecule has 2 aromatic carbocycles. The average molecular weight is 278 g/mol. The Labute approximate surface area is 121 Å². The Morgan fingerprint density at radius 1 is 1.10 bits per heavy atom. The fraction of sp³-hybridized carbons (Fsp3) is 0.0667. The molecule has 104 valence electrons. The van der Waals surface area contributed by atoms with E-state index in [1.54, 1.807) is 0 Å². The van der Waals surface area contributed by atoms with Crippen molar-refractivity contribution in [3.8, 4) is 0 Å². The van der Waals surface area contributed by atoms with E-state index in [0.717, 1.165) is 29.4 Å². The highest BCUT2D eigenvalue weighted by Gasteiger charge is 2.07. The lowest BCUT2D eigenvalue weighted by Gasteiger charge is -2.02. The number of nitrogens with two attached hydrogens (primary N) is 1. The van der Waals surface area contributed by atoms with Gasteiger partial charge >= 0.3 is 0 Å². The van der Waals surface area contributed by atoms with Gasteiger partial charge in [0.1, 0.15) is 0 Å². The van der Waals surface area contributed by atoms with E-state index in [2.05, 4.69) is 43.5 Å². The van der Waals surface area contributed by atoms with Crippen LogP contribution in [0.1, 0.15) is 11.1 Å². The van der Waals surface area contributed by atoms with E-state index >= 15 is 0 Å². The SMILES string of the molecule is NN=CN=Nc1nc2c(Cc3ccccc3)cccc2[nH]1. The molecular weight excluding hydrogens is 264 g/mol. The zero-order valence-electron chi connectivity index (χ0n) is 11.3. The predicted molar refractivity (Wildman–Crippen MR) is 82.5 cm³/mol. The minimum Gasteiger partial charge on any atom is -0.322 e. The van der Waals surface area contributed by atoms with Crippen LogP contribution in [0, 0.1) is 0 Å². The second-order valence-corrected chi connectivity index (χ2v) is 4.52. The summed E-state index contributed by atoms with van der Waals surface area (Å²) in [4.78, 5) is 7.57. The van der Waals surface area contributed by atoms with Gasteiger partial charge in [-0.3, -0.25) is 0 Å². The van der Waals surface area contributed by atoms with Crippen LogP contribution in [-0.4, -0.2) is 16.3 Å². The molecule has 0 atom stereocenters. The number of rotatable bonds is 4. The number of H-pyrrole nitrogens is 1. The van der Waals surface area contributed by atoms with Crippen LogP contribution in [0.3, 0.4) is 0 Å². The van der Waals surface area contributed by atoms with Crippen LogP contribution in [0.4, 0.5) is 5.95 Å². The van der Waals surface area contributed by atoms with Crippen LogP contribution in [0.2, 0.25) is 0 Å². The van der Waals surface area contributed by atoms with Crippen molar-refractivity contribution in [3.63, 3.8) is 0 Å². The van der Waals surface area contributed by atoms with Gasteiger partial charge < -0.3 is 10.8 Å². The molecule has 0 aliphatic rings. The molecule has 0 aliphatic carbocycles. The summed E-state index contributed by atoms with van der Waals surface area (Å²) in [5.41, 5.74) is 4.22. The molecule has 0 saturated heterocycles. The zero-order chi connectivity index (χ0) is 14.5. The number of fused-ring (bicyclic) bond motifs is 1. The maximum Gasteiger partial charge on any atom is 0.247 e. The van der Waals surface area contributed by atoms with E-state index < -0.39 is 0 Å². The Hall–Kier alpha value is -3.02. The molecule has 6 heteroatoms. The van der Waals surface area contributed by atoms with Crippen LogP contribution >= 0.6 is 0 Å². The highest BCUT2D eigenvalue weighted by molar-refractivity contribution is 5.80. The van der Waals surface area contributed by atoms with Gasteiger partial charge in [-0.1, -0.05) is 42.5 Å². The van der Waals surface area contributed by atoms with E-state index in [9.17, 15) is 0 Å². The van der Waals surface area contributed by atoms with Crippen LogP contribution in [0.15, 0.2) is 63.9 Å². The molecule has 3 rings (SSSR count). The first-order valence-electron chi connectivity index (χ1n) is 6.51. The number of imidazole rings is 1. The Morgan fingerprint density at radius 2 is 1.95 bits per heavy atom. The molecule has 21 heavy (non-hydrogen) atoms. The standard InChI is InChI=1S/C15H14N6/c16-17-10-18-21-15-19-13-8-4-7-12(14(13)20-15)9-11-5-2-1-3-6-11/h1-8,10H,9,16H2,(H,19,20). The molecule has 1 aromatic heterocycles. The van der Waals surface area contributed by atoms with Crippen LogP contribution in [-0.2, 0) is 6.42 Å². The number of benzene rings is 2. The maximum atomic E-state index is 4.96. The molecule has 1 heterocycles. The van der Waals surface area contributed by atoms with Crippen molar-refractivity contribution in [3.05, 3.63) is 59.7 Å². The van der Waals surface area contributed by atoms with Crippen LogP contribution in [0.5, 0.6) is 0 Å². The van der Waals surface area contributed by atoms with Gasteiger partial charge in [-0.05, 0) is 23.6 Å². The molecule has 0 spiro atoms. The number of nitrogens with one attached hydrogen (secondary N) is 1. The Morgan fingerprint density at radius 3 is 2.76 bits per heavy atom. The van der Waals surface area contributed by atoms with Crippen molar-refractivity contribution < 1.29 is 0 Å². The molecule has 0 unspecified atom stereocenters. The number of hydrogen-bond donors (Lipinski definition) is 2. The molecular formula is C15H14N6. The summed E-state index contributed by atoms with van der Waals surface area (Å²) in [7, 11) is 0. The van der Waals surface area contributed by atoms with Gasteiger partial charge in [-0.25, -0.2) is 4.98 Å². The molecule has 0 saturated carbocycles. The van der Waals surface area contributed by atoms with Gasteiger partial charge in [0.25, 0.3) is 0 Å². The minimum atomic E-state index is 0.436. The number of para-hydroxylation sites is 1. The van der Waals surface area contributed by atoms with E-state index in [1.165, 1.54) is 5.56 Å². The first-order valence-corrected chi connectivity index (χ1v) is 6.51. The number of aromatic amines is 1. The number of nitrogens with zero attached hydrogens (tertiary/aromatic N) is 4. The first kappa shape index (κ1) is 13.0. The molecule has 0 fully saturated rings. The third-order valence-electron chi connectivity index (χ3n) is 3.09. The quantitative estimate of drug-likeness (QED) is 0.252. The topological polar surface area (TPSA) is 91.8 Å². The fourth-order valence-electron chi connectivity index (χ4n) is 2.19. The monoisotopic (exact) mass is 278 g/mol. The lowest BCUT2D eigenvalue weighted by atomic mass is 10.0. The van der Waals surface area contributed by atoms with E-state index in [0.29, 0.717) is 5.95 Å². The van der Waals surface area contributed by atoms with Crippen molar-refractivity contribution in [2.75, 3.05) is 0 Å². The smallest absolute Gasteiger partial charge is 0.247 e.